The largest absolute Gasteiger partial charge is 0.328 e. The van der Waals surface area contributed by atoms with Crippen molar-refractivity contribution in [3.8, 4) is 24.7 Å². The molecular weight excluding hydrogens is 180 g/mol. The quantitative estimate of drug-likeness (QED) is 0.456. The van der Waals surface area contributed by atoms with Crippen LogP contribution >= 0.6 is 0 Å². The molecule has 1 fully saturated rings. The predicted molar refractivity (Wildman–Crippen MR) is 50.8 cm³/mol. The number of hydrogen-bond donors (Lipinski definition) is 0. The molecule has 0 saturated carbocycles. The first kappa shape index (κ1) is 10.1. The van der Waals surface area contributed by atoms with Gasteiger partial charge in [0.2, 0.25) is 0 Å². The third-order valence-electron chi connectivity index (χ3n) is 2.10. The zero-order valence-electron chi connectivity index (χ0n) is 7.69. The van der Waals surface area contributed by atoms with E-state index >= 15 is 0 Å². The van der Waals surface area contributed by atoms with Gasteiger partial charge in [0.1, 0.15) is 0 Å². The van der Waals surface area contributed by atoms with Gasteiger partial charge in [0.25, 0.3) is 11.8 Å². The Bertz CT molecular complexity index is 293. The van der Waals surface area contributed by atoms with E-state index in [-0.39, 0.29) is 11.8 Å². The molecule has 4 nitrogen and oxygen atoms in total. The summed E-state index contributed by atoms with van der Waals surface area (Å²) in [6.07, 6.45) is 9.94. The van der Waals surface area contributed by atoms with E-state index in [4.69, 9.17) is 12.8 Å². The Kier molecular flexibility index (Phi) is 3.14. The van der Waals surface area contributed by atoms with Gasteiger partial charge in [0, 0.05) is 26.2 Å². The second kappa shape index (κ2) is 4.34. The van der Waals surface area contributed by atoms with Crippen molar-refractivity contribution in [1.82, 2.24) is 9.80 Å². The monoisotopic (exact) mass is 190 g/mol. The van der Waals surface area contributed by atoms with Gasteiger partial charge in [0.05, 0.1) is 0 Å². The summed E-state index contributed by atoms with van der Waals surface area (Å²) in [5.74, 6) is 3.40. The van der Waals surface area contributed by atoms with E-state index in [0.717, 1.165) is 0 Å². The van der Waals surface area contributed by atoms with Gasteiger partial charge in [-0.25, -0.2) is 0 Å². The Labute approximate surface area is 82.9 Å². The number of carbonyl (C=O) groups excluding carboxylic acids is 2. The van der Waals surface area contributed by atoms with Crippen LogP contribution in [0, 0.1) is 24.7 Å². The molecule has 1 rings (SSSR count). The lowest BCUT2D eigenvalue weighted by molar-refractivity contribution is -0.133. The van der Waals surface area contributed by atoms with Crippen LogP contribution in [0.5, 0.6) is 0 Å². The van der Waals surface area contributed by atoms with Crippen LogP contribution in [0.25, 0.3) is 0 Å². The second-order valence-electron chi connectivity index (χ2n) is 2.87. The maximum Gasteiger partial charge on any atom is 0.298 e. The standard InChI is InChI=1S/C10H10N2O2/c1-3-9(13)11-5-7-12(8-6-11)10(14)4-2/h1-2H,5-8H2. The average molecular weight is 190 g/mol. The van der Waals surface area contributed by atoms with Crippen LogP contribution in [0.2, 0.25) is 0 Å². The van der Waals surface area contributed by atoms with Crippen molar-refractivity contribution >= 4 is 11.8 Å². The average Bonchev–Trinajstić information content (AvgIpc) is 2.27. The highest BCUT2D eigenvalue weighted by Crippen LogP contribution is 2.01. The van der Waals surface area contributed by atoms with E-state index in [9.17, 15) is 9.59 Å². The molecule has 0 atom stereocenters. The molecule has 0 N–H and O–H groups in total. The Morgan fingerprint density at radius 2 is 1.14 bits per heavy atom. The number of nitrogens with zero attached hydrogens (tertiary/aromatic N) is 2. The lowest BCUT2D eigenvalue weighted by Crippen LogP contribution is -2.50. The highest BCUT2D eigenvalue weighted by molar-refractivity contribution is 5.94. The number of hydrogen-bond acceptors (Lipinski definition) is 2. The summed E-state index contributed by atoms with van der Waals surface area (Å²) in [7, 11) is 0. The lowest BCUT2D eigenvalue weighted by Gasteiger charge is -2.32. The van der Waals surface area contributed by atoms with Gasteiger partial charge < -0.3 is 9.80 Å². The van der Waals surface area contributed by atoms with Gasteiger partial charge in [-0.05, 0) is 11.8 Å². The number of terminal acetylenes is 2. The van der Waals surface area contributed by atoms with E-state index in [2.05, 4.69) is 0 Å². The van der Waals surface area contributed by atoms with E-state index < -0.39 is 0 Å². The van der Waals surface area contributed by atoms with Crippen LogP contribution in [0.3, 0.4) is 0 Å². The lowest BCUT2D eigenvalue weighted by atomic mass is 10.3. The van der Waals surface area contributed by atoms with Crippen LogP contribution in [0.15, 0.2) is 0 Å². The molecule has 1 heterocycles. The summed E-state index contributed by atoms with van der Waals surface area (Å²) in [6.45, 7) is 1.82. The van der Waals surface area contributed by atoms with Crippen molar-refractivity contribution in [2.75, 3.05) is 26.2 Å². The summed E-state index contributed by atoms with van der Waals surface area (Å²) < 4.78 is 0. The topological polar surface area (TPSA) is 40.6 Å². The zero-order chi connectivity index (χ0) is 10.6. The second-order valence-corrected chi connectivity index (χ2v) is 2.87. The Balaban J connectivity index is 2.48. The highest BCUT2D eigenvalue weighted by atomic mass is 16.2. The fourth-order valence-corrected chi connectivity index (χ4v) is 1.30. The minimum absolute atomic E-state index is 0.335. The molecule has 2 amide bonds. The minimum Gasteiger partial charge on any atom is -0.328 e. The Morgan fingerprint density at radius 3 is 1.36 bits per heavy atom. The first-order valence-corrected chi connectivity index (χ1v) is 4.20. The fraction of sp³-hybridized carbons (Fsp3) is 0.400. The van der Waals surface area contributed by atoms with Crippen molar-refractivity contribution in [3.63, 3.8) is 0 Å². The number of piperazine rings is 1. The maximum atomic E-state index is 11.1. The van der Waals surface area contributed by atoms with Crippen LogP contribution in [-0.2, 0) is 9.59 Å². The molecule has 0 aromatic rings. The third-order valence-corrected chi connectivity index (χ3v) is 2.10. The van der Waals surface area contributed by atoms with E-state index in [0.29, 0.717) is 26.2 Å². The van der Waals surface area contributed by atoms with Gasteiger partial charge in [-0.2, -0.15) is 0 Å². The number of carbonyl (C=O) groups is 2. The Hall–Kier alpha value is -1.94. The Morgan fingerprint density at radius 1 is 0.857 bits per heavy atom. The minimum atomic E-state index is -0.335. The smallest absolute Gasteiger partial charge is 0.298 e. The van der Waals surface area contributed by atoms with Gasteiger partial charge in [0.15, 0.2) is 0 Å². The van der Waals surface area contributed by atoms with Crippen molar-refractivity contribution in [1.29, 1.82) is 0 Å². The normalized spacial score (nSPS) is 15.6. The van der Waals surface area contributed by atoms with Crippen LogP contribution in [-0.4, -0.2) is 47.8 Å². The number of amides is 2. The third kappa shape index (κ3) is 2.05. The van der Waals surface area contributed by atoms with E-state index in [1.165, 1.54) is 9.80 Å². The predicted octanol–water partition coefficient (Wildman–Crippen LogP) is -1.08. The molecule has 1 saturated heterocycles. The summed E-state index contributed by atoms with van der Waals surface area (Å²) in [5.41, 5.74) is 0. The summed E-state index contributed by atoms with van der Waals surface area (Å²) in [5, 5.41) is 0. The zero-order valence-corrected chi connectivity index (χ0v) is 7.69. The molecule has 4 heteroatoms. The molecule has 0 aliphatic carbocycles. The molecule has 0 bridgehead atoms. The first-order chi connectivity index (χ1) is 6.69. The van der Waals surface area contributed by atoms with Gasteiger partial charge >= 0.3 is 0 Å². The summed E-state index contributed by atoms with van der Waals surface area (Å²) in [6, 6.07) is 0. The summed E-state index contributed by atoms with van der Waals surface area (Å²) >= 11 is 0. The van der Waals surface area contributed by atoms with Gasteiger partial charge in [-0.15, -0.1) is 12.8 Å². The highest BCUT2D eigenvalue weighted by Gasteiger charge is 2.21. The number of rotatable bonds is 0. The molecule has 14 heavy (non-hydrogen) atoms. The van der Waals surface area contributed by atoms with Gasteiger partial charge in [-0.1, -0.05) is 0 Å². The maximum absolute atomic E-state index is 11.1. The van der Waals surface area contributed by atoms with Crippen molar-refractivity contribution in [2.45, 2.75) is 0 Å². The molecule has 0 spiro atoms. The molecule has 0 aromatic carbocycles. The van der Waals surface area contributed by atoms with Crippen molar-refractivity contribution < 1.29 is 9.59 Å². The first-order valence-electron chi connectivity index (χ1n) is 4.20. The van der Waals surface area contributed by atoms with Crippen LogP contribution in [0.4, 0.5) is 0 Å². The fourth-order valence-electron chi connectivity index (χ4n) is 1.30. The molecule has 72 valence electrons. The molecule has 0 radical (unpaired) electrons. The van der Waals surface area contributed by atoms with Crippen LogP contribution in [0.1, 0.15) is 0 Å². The molecule has 1 aliphatic rings. The van der Waals surface area contributed by atoms with E-state index in [1.54, 1.807) is 0 Å². The molecule has 0 unspecified atom stereocenters. The van der Waals surface area contributed by atoms with Gasteiger partial charge in [-0.3, -0.25) is 9.59 Å². The summed E-state index contributed by atoms with van der Waals surface area (Å²) in [4.78, 5) is 25.2. The van der Waals surface area contributed by atoms with Crippen molar-refractivity contribution in [2.24, 2.45) is 0 Å². The van der Waals surface area contributed by atoms with E-state index in [1.807, 2.05) is 11.8 Å². The molecule has 0 aromatic heterocycles. The van der Waals surface area contributed by atoms with Crippen molar-refractivity contribution in [3.05, 3.63) is 0 Å². The SMILES string of the molecule is C#CC(=O)N1CCN(C(=O)C#C)CC1. The molecular formula is C10H10N2O2. The van der Waals surface area contributed by atoms with Crippen LogP contribution < -0.4 is 0 Å². The molecule has 1 aliphatic heterocycles.